The number of hydrogen-bond acceptors (Lipinski definition) is 5. The van der Waals surface area contributed by atoms with Gasteiger partial charge in [-0.15, -0.1) is 0 Å². The first-order valence-corrected chi connectivity index (χ1v) is 9.05. The summed E-state index contributed by atoms with van der Waals surface area (Å²) in [5.74, 6) is 0.184. The van der Waals surface area contributed by atoms with Crippen molar-refractivity contribution >= 4 is 15.5 Å². The van der Waals surface area contributed by atoms with Gasteiger partial charge in [0.1, 0.15) is 0 Å². The van der Waals surface area contributed by atoms with Gasteiger partial charge < -0.3 is 15.8 Å². The van der Waals surface area contributed by atoms with Gasteiger partial charge in [0.05, 0.1) is 16.2 Å². The van der Waals surface area contributed by atoms with Gasteiger partial charge in [-0.25, -0.2) is 8.42 Å². The first-order chi connectivity index (χ1) is 10.0. The fourth-order valence-corrected chi connectivity index (χ4v) is 3.90. The van der Waals surface area contributed by atoms with Crippen LogP contribution in [-0.4, -0.2) is 39.5 Å². The number of ether oxygens (including phenoxy) is 1. The van der Waals surface area contributed by atoms with E-state index in [1.54, 1.807) is 12.1 Å². The maximum absolute atomic E-state index is 12.0. The molecule has 0 aliphatic carbocycles. The van der Waals surface area contributed by atoms with Crippen molar-refractivity contribution in [2.75, 3.05) is 30.8 Å². The molecule has 0 unspecified atom stereocenters. The van der Waals surface area contributed by atoms with E-state index in [1.807, 2.05) is 19.1 Å². The Hall–Kier alpha value is -1.11. The third-order valence-corrected chi connectivity index (χ3v) is 5.87. The summed E-state index contributed by atoms with van der Waals surface area (Å²) in [5.41, 5.74) is 6.66. The Morgan fingerprint density at radius 2 is 1.86 bits per heavy atom. The van der Waals surface area contributed by atoms with Crippen molar-refractivity contribution in [3.05, 3.63) is 24.3 Å². The van der Waals surface area contributed by atoms with Crippen molar-refractivity contribution in [2.45, 2.75) is 36.6 Å². The van der Waals surface area contributed by atoms with Gasteiger partial charge in [0, 0.05) is 25.4 Å². The molecule has 0 bridgehead atoms. The van der Waals surface area contributed by atoms with Gasteiger partial charge in [0.25, 0.3) is 0 Å². The van der Waals surface area contributed by atoms with Crippen LogP contribution in [0.25, 0.3) is 0 Å². The summed E-state index contributed by atoms with van der Waals surface area (Å²) in [6, 6.07) is 6.96. The molecule has 1 aromatic carbocycles. The van der Waals surface area contributed by atoms with Gasteiger partial charge in [0.15, 0.2) is 9.84 Å². The molecule has 1 aliphatic rings. The largest absolute Gasteiger partial charge is 0.381 e. The third kappa shape index (κ3) is 3.96. The van der Waals surface area contributed by atoms with Gasteiger partial charge in [-0.2, -0.15) is 0 Å². The van der Waals surface area contributed by atoms with Crippen molar-refractivity contribution in [2.24, 2.45) is 5.73 Å². The van der Waals surface area contributed by atoms with Crippen LogP contribution in [0.15, 0.2) is 29.2 Å². The van der Waals surface area contributed by atoms with Crippen LogP contribution in [0.5, 0.6) is 0 Å². The quantitative estimate of drug-likeness (QED) is 0.837. The van der Waals surface area contributed by atoms with Crippen LogP contribution >= 0.6 is 0 Å². The van der Waals surface area contributed by atoms with Crippen LogP contribution in [0.3, 0.4) is 0 Å². The van der Waals surface area contributed by atoms with Crippen molar-refractivity contribution in [1.29, 1.82) is 0 Å². The average Bonchev–Trinajstić information content (AvgIpc) is 2.49. The highest BCUT2D eigenvalue weighted by atomic mass is 32.2. The molecular weight excluding hydrogens is 288 g/mol. The van der Waals surface area contributed by atoms with Crippen molar-refractivity contribution in [3.8, 4) is 0 Å². The minimum atomic E-state index is -3.15. The van der Waals surface area contributed by atoms with Gasteiger partial charge in [-0.3, -0.25) is 0 Å². The van der Waals surface area contributed by atoms with Crippen molar-refractivity contribution in [1.82, 2.24) is 0 Å². The van der Waals surface area contributed by atoms with E-state index in [0.717, 1.165) is 18.5 Å². The predicted octanol–water partition coefficient (Wildman–Crippen LogP) is 1.79. The molecule has 1 saturated heterocycles. The van der Waals surface area contributed by atoms with Crippen LogP contribution < -0.4 is 11.1 Å². The summed E-state index contributed by atoms with van der Waals surface area (Å²) in [6.45, 7) is 3.80. The average molecular weight is 312 g/mol. The van der Waals surface area contributed by atoms with E-state index in [1.165, 1.54) is 0 Å². The first-order valence-electron chi connectivity index (χ1n) is 7.40. The second kappa shape index (κ2) is 6.77. The molecule has 0 radical (unpaired) electrons. The van der Waals surface area contributed by atoms with Crippen LogP contribution in [0.4, 0.5) is 5.69 Å². The number of hydrogen-bond donors (Lipinski definition) is 2. The maximum atomic E-state index is 12.0. The molecule has 1 aliphatic heterocycles. The van der Waals surface area contributed by atoms with Gasteiger partial charge in [-0.1, -0.05) is 6.92 Å². The van der Waals surface area contributed by atoms with E-state index in [9.17, 15) is 8.42 Å². The van der Waals surface area contributed by atoms with E-state index in [4.69, 9.17) is 10.5 Å². The zero-order chi connectivity index (χ0) is 15.3. The first kappa shape index (κ1) is 16.3. The molecule has 1 fully saturated rings. The van der Waals surface area contributed by atoms with Crippen LogP contribution in [-0.2, 0) is 14.6 Å². The molecule has 0 spiro atoms. The molecule has 0 aromatic heterocycles. The molecule has 5 nitrogen and oxygen atoms in total. The minimum Gasteiger partial charge on any atom is -0.381 e. The number of nitrogens with one attached hydrogen (secondary N) is 1. The van der Waals surface area contributed by atoms with Gasteiger partial charge in [-0.05, 0) is 43.5 Å². The Labute approximate surface area is 126 Å². The lowest BCUT2D eigenvalue weighted by atomic mass is 9.90. The van der Waals surface area contributed by atoms with Crippen LogP contribution in [0, 0.1) is 0 Å². The highest BCUT2D eigenvalue weighted by Gasteiger charge is 2.30. The zero-order valence-corrected chi connectivity index (χ0v) is 13.3. The third-order valence-electron chi connectivity index (χ3n) is 3.94. The summed E-state index contributed by atoms with van der Waals surface area (Å²) in [7, 11) is -3.15. The predicted molar refractivity (Wildman–Crippen MR) is 84.2 cm³/mol. The smallest absolute Gasteiger partial charge is 0.178 e. The SMILES string of the molecule is CCCS(=O)(=O)c1ccc(NC2(CN)CCOCC2)cc1. The number of nitrogens with two attached hydrogens (primary N) is 1. The fraction of sp³-hybridized carbons (Fsp3) is 0.600. The number of benzene rings is 1. The Morgan fingerprint density at radius 1 is 1.24 bits per heavy atom. The van der Waals surface area contributed by atoms with E-state index in [-0.39, 0.29) is 11.3 Å². The molecule has 0 amide bonds. The van der Waals surface area contributed by atoms with E-state index >= 15 is 0 Å². The van der Waals surface area contributed by atoms with Gasteiger partial charge >= 0.3 is 0 Å². The molecule has 21 heavy (non-hydrogen) atoms. The molecule has 1 aromatic rings. The number of rotatable bonds is 6. The Kier molecular flexibility index (Phi) is 5.24. The Bertz CT molecular complexity index is 549. The minimum absolute atomic E-state index is 0.151. The summed E-state index contributed by atoms with van der Waals surface area (Å²) >= 11 is 0. The van der Waals surface area contributed by atoms with E-state index in [2.05, 4.69) is 5.32 Å². The Balaban J connectivity index is 2.12. The Morgan fingerprint density at radius 3 is 2.38 bits per heavy atom. The van der Waals surface area contributed by atoms with Crippen LogP contribution in [0.1, 0.15) is 26.2 Å². The van der Waals surface area contributed by atoms with E-state index < -0.39 is 9.84 Å². The monoisotopic (exact) mass is 312 g/mol. The molecule has 0 atom stereocenters. The molecule has 6 heteroatoms. The number of anilines is 1. The van der Waals surface area contributed by atoms with Gasteiger partial charge in [0.2, 0.25) is 0 Å². The normalized spacial score (nSPS) is 18.4. The second-order valence-electron chi connectivity index (χ2n) is 5.57. The highest BCUT2D eigenvalue weighted by Crippen LogP contribution is 2.26. The summed E-state index contributed by atoms with van der Waals surface area (Å²) < 4.78 is 29.4. The fourth-order valence-electron chi connectivity index (χ4n) is 2.58. The molecule has 3 N–H and O–H groups in total. The molecule has 2 rings (SSSR count). The summed E-state index contributed by atoms with van der Waals surface area (Å²) in [6.07, 6.45) is 2.34. The van der Waals surface area contributed by atoms with E-state index in [0.29, 0.717) is 31.1 Å². The lowest BCUT2D eigenvalue weighted by Gasteiger charge is -2.37. The molecular formula is C15H24N2O3S. The zero-order valence-electron chi connectivity index (χ0n) is 12.5. The summed E-state index contributed by atoms with van der Waals surface area (Å²) in [4.78, 5) is 0.378. The lowest BCUT2D eigenvalue weighted by Crippen LogP contribution is -2.49. The summed E-state index contributed by atoms with van der Waals surface area (Å²) in [5, 5.41) is 3.45. The van der Waals surface area contributed by atoms with Crippen LogP contribution in [0.2, 0.25) is 0 Å². The lowest BCUT2D eigenvalue weighted by molar-refractivity contribution is 0.0628. The maximum Gasteiger partial charge on any atom is 0.178 e. The standard InChI is InChI=1S/C15H24N2O3S/c1-2-11-21(18,19)14-5-3-13(4-6-14)17-15(12-16)7-9-20-10-8-15/h3-6,17H,2,7-12,16H2,1H3. The highest BCUT2D eigenvalue weighted by molar-refractivity contribution is 7.91. The number of sulfone groups is 1. The van der Waals surface area contributed by atoms with Crippen molar-refractivity contribution in [3.63, 3.8) is 0 Å². The molecule has 0 saturated carbocycles. The second-order valence-corrected chi connectivity index (χ2v) is 7.67. The molecule has 1 heterocycles. The molecule has 118 valence electrons. The van der Waals surface area contributed by atoms with Crippen molar-refractivity contribution < 1.29 is 13.2 Å². The topological polar surface area (TPSA) is 81.4 Å².